The highest BCUT2D eigenvalue weighted by Gasteiger charge is 2.10. The molecule has 1 rings (SSSR count). The lowest BCUT2D eigenvalue weighted by molar-refractivity contribution is 0.180. The van der Waals surface area contributed by atoms with Gasteiger partial charge in [0.05, 0.1) is 20.3 Å². The van der Waals surface area contributed by atoms with Crippen molar-refractivity contribution in [2.75, 3.05) is 33.9 Å². The van der Waals surface area contributed by atoms with Crippen LogP contribution >= 0.6 is 0 Å². The predicted octanol–water partition coefficient (Wildman–Crippen LogP) is 0.464. The Kier molecular flexibility index (Phi) is 6.62. The lowest BCUT2D eigenvalue weighted by Crippen LogP contribution is -2.33. The smallest absolute Gasteiger partial charge is 0.128 e. The fourth-order valence-corrected chi connectivity index (χ4v) is 2.01. The molecule has 0 bridgehead atoms. The Labute approximate surface area is 114 Å². The average Bonchev–Trinajstić information content (AvgIpc) is 2.43. The molecule has 1 aromatic carbocycles. The summed E-state index contributed by atoms with van der Waals surface area (Å²) in [6, 6.07) is 3.95. The second kappa shape index (κ2) is 7.99. The minimum Gasteiger partial charge on any atom is -0.496 e. The standard InChI is InChI=1S/C14H24N2O3/c1-10-13(18-2)5-4-11(14(10)19-3)6-7-16-9-12(17)8-15/h4-5,12,16-17H,6-9,15H2,1-3H3. The van der Waals surface area contributed by atoms with Crippen molar-refractivity contribution in [3.05, 3.63) is 23.3 Å². The minimum atomic E-state index is -0.487. The molecule has 108 valence electrons. The maximum atomic E-state index is 9.34. The number of nitrogens with one attached hydrogen (secondary N) is 1. The SMILES string of the molecule is COc1ccc(CCNCC(O)CN)c(OC)c1C. The maximum Gasteiger partial charge on any atom is 0.128 e. The zero-order valence-corrected chi connectivity index (χ0v) is 11.9. The van der Waals surface area contributed by atoms with Gasteiger partial charge in [0, 0.05) is 18.7 Å². The molecule has 0 saturated heterocycles. The molecular formula is C14H24N2O3. The van der Waals surface area contributed by atoms with E-state index in [0.29, 0.717) is 6.54 Å². The van der Waals surface area contributed by atoms with Crippen molar-refractivity contribution in [1.29, 1.82) is 0 Å². The van der Waals surface area contributed by atoms with Crippen LogP contribution in [0.15, 0.2) is 12.1 Å². The Bertz CT molecular complexity index is 397. The van der Waals surface area contributed by atoms with Gasteiger partial charge in [0.1, 0.15) is 11.5 Å². The van der Waals surface area contributed by atoms with Gasteiger partial charge in [-0.2, -0.15) is 0 Å². The van der Waals surface area contributed by atoms with Crippen molar-refractivity contribution >= 4 is 0 Å². The second-order valence-corrected chi connectivity index (χ2v) is 4.43. The van der Waals surface area contributed by atoms with Crippen LogP contribution in [-0.2, 0) is 6.42 Å². The summed E-state index contributed by atoms with van der Waals surface area (Å²) in [4.78, 5) is 0. The summed E-state index contributed by atoms with van der Waals surface area (Å²) in [6.45, 7) is 3.53. The van der Waals surface area contributed by atoms with Crippen molar-refractivity contribution < 1.29 is 14.6 Å². The molecule has 0 aromatic heterocycles. The van der Waals surface area contributed by atoms with Gasteiger partial charge in [-0.3, -0.25) is 0 Å². The van der Waals surface area contributed by atoms with Crippen molar-refractivity contribution in [2.45, 2.75) is 19.4 Å². The lowest BCUT2D eigenvalue weighted by Gasteiger charge is -2.15. The van der Waals surface area contributed by atoms with E-state index in [2.05, 4.69) is 5.32 Å². The molecule has 0 saturated carbocycles. The van der Waals surface area contributed by atoms with Crippen LogP contribution in [-0.4, -0.2) is 45.1 Å². The Morgan fingerprint density at radius 2 is 2.05 bits per heavy atom. The molecule has 0 aliphatic heterocycles. The summed E-state index contributed by atoms with van der Waals surface area (Å²) in [5.74, 6) is 1.69. The highest BCUT2D eigenvalue weighted by atomic mass is 16.5. The van der Waals surface area contributed by atoms with Gasteiger partial charge in [0.25, 0.3) is 0 Å². The van der Waals surface area contributed by atoms with Crippen molar-refractivity contribution in [2.24, 2.45) is 5.73 Å². The summed E-state index contributed by atoms with van der Waals surface area (Å²) in [7, 11) is 3.31. The number of ether oxygens (including phenoxy) is 2. The van der Waals surface area contributed by atoms with Crippen LogP contribution in [0, 0.1) is 6.92 Å². The molecule has 1 atom stereocenters. The molecule has 4 N–H and O–H groups in total. The topological polar surface area (TPSA) is 76.7 Å². The normalized spacial score (nSPS) is 12.3. The zero-order chi connectivity index (χ0) is 14.3. The van der Waals surface area contributed by atoms with E-state index in [4.69, 9.17) is 15.2 Å². The Morgan fingerprint density at radius 1 is 1.32 bits per heavy atom. The Hall–Kier alpha value is -1.30. The third kappa shape index (κ3) is 4.38. The average molecular weight is 268 g/mol. The molecule has 0 fully saturated rings. The highest BCUT2D eigenvalue weighted by Crippen LogP contribution is 2.31. The van der Waals surface area contributed by atoms with Gasteiger partial charge in [-0.15, -0.1) is 0 Å². The zero-order valence-electron chi connectivity index (χ0n) is 11.9. The monoisotopic (exact) mass is 268 g/mol. The van der Waals surface area contributed by atoms with Crippen molar-refractivity contribution in [3.63, 3.8) is 0 Å². The van der Waals surface area contributed by atoms with Crippen LogP contribution < -0.4 is 20.5 Å². The maximum absolute atomic E-state index is 9.34. The van der Waals surface area contributed by atoms with Crippen LogP contribution in [0.1, 0.15) is 11.1 Å². The molecule has 1 aromatic rings. The number of aliphatic hydroxyl groups excluding tert-OH is 1. The van der Waals surface area contributed by atoms with E-state index < -0.39 is 6.10 Å². The van der Waals surface area contributed by atoms with Gasteiger partial charge in [0.15, 0.2) is 0 Å². The van der Waals surface area contributed by atoms with Gasteiger partial charge in [0.2, 0.25) is 0 Å². The van der Waals surface area contributed by atoms with E-state index in [1.54, 1.807) is 14.2 Å². The molecule has 19 heavy (non-hydrogen) atoms. The van der Waals surface area contributed by atoms with Gasteiger partial charge in [-0.25, -0.2) is 0 Å². The highest BCUT2D eigenvalue weighted by molar-refractivity contribution is 5.49. The van der Waals surface area contributed by atoms with Crippen LogP contribution in [0.3, 0.4) is 0 Å². The van der Waals surface area contributed by atoms with E-state index in [0.717, 1.165) is 35.6 Å². The van der Waals surface area contributed by atoms with E-state index >= 15 is 0 Å². The molecule has 0 radical (unpaired) electrons. The number of rotatable bonds is 8. The molecule has 1 unspecified atom stereocenters. The van der Waals surface area contributed by atoms with Gasteiger partial charge >= 0.3 is 0 Å². The lowest BCUT2D eigenvalue weighted by atomic mass is 10.1. The molecule has 0 heterocycles. The van der Waals surface area contributed by atoms with E-state index in [-0.39, 0.29) is 6.54 Å². The van der Waals surface area contributed by atoms with E-state index in [9.17, 15) is 5.11 Å². The summed E-state index contributed by atoms with van der Waals surface area (Å²) in [6.07, 6.45) is 0.338. The third-order valence-electron chi connectivity index (χ3n) is 3.08. The fourth-order valence-electron chi connectivity index (χ4n) is 2.01. The summed E-state index contributed by atoms with van der Waals surface area (Å²) in [5, 5.41) is 12.5. The summed E-state index contributed by atoms with van der Waals surface area (Å²) in [5.41, 5.74) is 7.46. The van der Waals surface area contributed by atoms with E-state index in [1.165, 1.54) is 0 Å². The van der Waals surface area contributed by atoms with Gasteiger partial charge in [-0.1, -0.05) is 6.07 Å². The van der Waals surface area contributed by atoms with Crippen LogP contribution in [0.4, 0.5) is 0 Å². The van der Waals surface area contributed by atoms with E-state index in [1.807, 2.05) is 19.1 Å². The first-order valence-corrected chi connectivity index (χ1v) is 6.43. The predicted molar refractivity (Wildman–Crippen MR) is 75.9 cm³/mol. The molecule has 5 nitrogen and oxygen atoms in total. The first kappa shape index (κ1) is 15.8. The minimum absolute atomic E-state index is 0.276. The van der Waals surface area contributed by atoms with Crippen molar-refractivity contribution in [3.8, 4) is 11.5 Å². The first-order valence-electron chi connectivity index (χ1n) is 6.43. The molecule has 5 heteroatoms. The molecule has 0 amide bonds. The quantitative estimate of drug-likeness (QED) is 0.597. The number of benzene rings is 1. The van der Waals surface area contributed by atoms with Crippen LogP contribution in [0.5, 0.6) is 11.5 Å². The molecule has 0 spiro atoms. The van der Waals surface area contributed by atoms with Crippen LogP contribution in [0.2, 0.25) is 0 Å². The summed E-state index contributed by atoms with van der Waals surface area (Å²) >= 11 is 0. The Morgan fingerprint density at radius 3 is 2.63 bits per heavy atom. The third-order valence-corrected chi connectivity index (χ3v) is 3.08. The number of hydrogen-bond acceptors (Lipinski definition) is 5. The number of aliphatic hydroxyl groups is 1. The largest absolute Gasteiger partial charge is 0.496 e. The molecular weight excluding hydrogens is 244 g/mol. The summed E-state index contributed by atoms with van der Waals surface area (Å²) < 4.78 is 10.7. The number of nitrogens with two attached hydrogens (primary N) is 1. The Balaban J connectivity index is 2.61. The van der Waals surface area contributed by atoms with Crippen molar-refractivity contribution in [1.82, 2.24) is 5.32 Å². The number of methoxy groups -OCH3 is 2. The van der Waals surface area contributed by atoms with Gasteiger partial charge < -0.3 is 25.6 Å². The molecule has 0 aliphatic rings. The van der Waals surface area contributed by atoms with Gasteiger partial charge in [-0.05, 0) is 31.5 Å². The first-order chi connectivity index (χ1) is 9.13. The fraction of sp³-hybridized carbons (Fsp3) is 0.571. The van der Waals surface area contributed by atoms with Crippen LogP contribution in [0.25, 0.3) is 0 Å². The molecule has 0 aliphatic carbocycles. The second-order valence-electron chi connectivity index (χ2n) is 4.43. The number of hydrogen-bond donors (Lipinski definition) is 3.